The van der Waals surface area contributed by atoms with Gasteiger partial charge in [-0.15, -0.1) is 0 Å². The van der Waals surface area contributed by atoms with Crippen LogP contribution in [-0.2, 0) is 9.59 Å². The van der Waals surface area contributed by atoms with Gasteiger partial charge in [0.15, 0.2) is 0 Å². The normalized spacial score (nSPS) is 16.6. The first-order chi connectivity index (χ1) is 11.8. The van der Waals surface area contributed by atoms with Gasteiger partial charge in [-0.2, -0.15) is 0 Å². The van der Waals surface area contributed by atoms with Gasteiger partial charge in [-0.3, -0.25) is 19.8 Å². The molecule has 0 aliphatic carbocycles. The Balaban J connectivity index is 2.08. The fraction of sp³-hybridized carbons (Fsp3) is 0.167. The topological polar surface area (TPSA) is 71.4 Å². The van der Waals surface area contributed by atoms with Gasteiger partial charge in [0.05, 0.1) is 0 Å². The summed E-state index contributed by atoms with van der Waals surface area (Å²) in [7, 11) is 1.30. The summed E-state index contributed by atoms with van der Waals surface area (Å²) >= 11 is 0. The van der Waals surface area contributed by atoms with E-state index in [4.69, 9.17) is 0 Å². The highest BCUT2D eigenvalue weighted by atomic mass is 19.1. The Morgan fingerprint density at radius 2 is 1.84 bits per heavy atom. The van der Waals surface area contributed by atoms with E-state index in [-0.39, 0.29) is 11.4 Å². The number of likely N-dealkylation sites (N-methyl/N-ethyl adjacent to an activating group) is 1. The van der Waals surface area contributed by atoms with Crippen molar-refractivity contribution in [3.05, 3.63) is 58.7 Å². The number of urea groups is 1. The molecule has 4 amide bonds. The third-order valence-electron chi connectivity index (χ3n) is 4.14. The van der Waals surface area contributed by atoms with Crippen molar-refractivity contribution in [2.24, 2.45) is 0 Å². The molecule has 0 radical (unpaired) electrons. The van der Waals surface area contributed by atoms with Crippen LogP contribution in [0, 0.1) is 19.7 Å². The van der Waals surface area contributed by atoms with Crippen LogP contribution in [0.4, 0.5) is 9.18 Å². The predicted molar refractivity (Wildman–Crippen MR) is 89.5 cm³/mol. The van der Waals surface area contributed by atoms with Crippen LogP contribution in [0.15, 0.2) is 35.9 Å². The number of carbonyl (C=O) groups is 3. The van der Waals surface area contributed by atoms with Crippen LogP contribution >= 0.6 is 0 Å². The van der Waals surface area contributed by atoms with E-state index in [1.54, 1.807) is 18.2 Å². The number of hydrogen-bond acceptors (Lipinski definition) is 3. The van der Waals surface area contributed by atoms with Crippen molar-refractivity contribution in [2.45, 2.75) is 13.8 Å². The summed E-state index contributed by atoms with van der Waals surface area (Å²) in [5.74, 6) is -1.75. The standard InChI is InChI=1S/C18H16FN3O3/c1-10-7-12(8-15-16(23)20-18(25)21(3)17(15)24)11(2)22(10)14-6-4-5-13(19)9-14/h4-9H,1-3H3,(H,20,23,25)/b15-8-. The Labute approximate surface area is 143 Å². The zero-order valence-electron chi connectivity index (χ0n) is 14.0. The number of nitrogens with one attached hydrogen (secondary N) is 1. The Bertz CT molecular complexity index is 943. The van der Waals surface area contributed by atoms with E-state index in [9.17, 15) is 18.8 Å². The lowest BCUT2D eigenvalue weighted by Gasteiger charge is -2.22. The van der Waals surface area contributed by atoms with E-state index in [2.05, 4.69) is 5.32 Å². The number of hydrogen-bond donors (Lipinski definition) is 1. The molecule has 2 aromatic rings. The number of halogens is 1. The van der Waals surface area contributed by atoms with E-state index < -0.39 is 17.8 Å². The lowest BCUT2D eigenvalue weighted by molar-refractivity contribution is -0.129. The third kappa shape index (κ3) is 2.84. The molecular weight excluding hydrogens is 325 g/mol. The second kappa shape index (κ2) is 6.01. The zero-order valence-corrected chi connectivity index (χ0v) is 14.0. The van der Waals surface area contributed by atoms with Gasteiger partial charge in [-0.05, 0) is 49.8 Å². The number of nitrogens with zero attached hydrogens (tertiary/aromatic N) is 2. The van der Waals surface area contributed by atoms with E-state index in [1.165, 1.54) is 25.3 Å². The number of amides is 4. The van der Waals surface area contributed by atoms with Gasteiger partial charge in [-0.25, -0.2) is 9.18 Å². The number of benzene rings is 1. The van der Waals surface area contributed by atoms with Gasteiger partial charge in [0.2, 0.25) is 0 Å². The van der Waals surface area contributed by atoms with Crippen molar-refractivity contribution >= 4 is 23.9 Å². The van der Waals surface area contributed by atoms with Crippen LogP contribution in [-0.4, -0.2) is 34.4 Å². The Morgan fingerprint density at radius 3 is 2.52 bits per heavy atom. The molecule has 0 unspecified atom stereocenters. The first-order valence-corrected chi connectivity index (χ1v) is 7.59. The summed E-state index contributed by atoms with van der Waals surface area (Å²) in [4.78, 5) is 36.5. The molecule has 0 saturated carbocycles. The number of imide groups is 2. The van der Waals surface area contributed by atoms with Crippen LogP contribution in [0.1, 0.15) is 17.0 Å². The minimum absolute atomic E-state index is 0.124. The Morgan fingerprint density at radius 1 is 1.12 bits per heavy atom. The largest absolute Gasteiger partial charge is 0.331 e. The fourth-order valence-electron chi connectivity index (χ4n) is 2.85. The van der Waals surface area contributed by atoms with Crippen molar-refractivity contribution in [2.75, 3.05) is 7.05 Å². The summed E-state index contributed by atoms with van der Waals surface area (Å²) in [6.45, 7) is 3.66. The molecule has 1 saturated heterocycles. The van der Waals surface area contributed by atoms with Gasteiger partial charge >= 0.3 is 6.03 Å². The summed E-state index contributed by atoms with van der Waals surface area (Å²) < 4.78 is 15.3. The van der Waals surface area contributed by atoms with E-state index in [0.29, 0.717) is 11.3 Å². The van der Waals surface area contributed by atoms with Crippen molar-refractivity contribution in [3.63, 3.8) is 0 Å². The van der Waals surface area contributed by atoms with Crippen molar-refractivity contribution in [3.8, 4) is 5.69 Å². The Kier molecular flexibility index (Phi) is 4.00. The third-order valence-corrected chi connectivity index (χ3v) is 4.14. The Hall–Kier alpha value is -3.22. The van der Waals surface area contributed by atoms with Crippen LogP contribution in [0.5, 0.6) is 0 Å². The molecule has 0 bridgehead atoms. The molecule has 1 fully saturated rings. The molecule has 1 aromatic heterocycles. The second-order valence-electron chi connectivity index (χ2n) is 5.82. The number of carbonyl (C=O) groups excluding carboxylic acids is 3. The lowest BCUT2D eigenvalue weighted by Crippen LogP contribution is -2.52. The smallest absolute Gasteiger partial charge is 0.318 e. The maximum absolute atomic E-state index is 13.5. The molecule has 3 rings (SSSR count). The first kappa shape index (κ1) is 16.6. The summed E-state index contributed by atoms with van der Waals surface area (Å²) in [5.41, 5.74) is 2.73. The van der Waals surface area contributed by atoms with Crippen molar-refractivity contribution in [1.29, 1.82) is 0 Å². The molecule has 128 valence electrons. The second-order valence-corrected chi connectivity index (χ2v) is 5.82. The average Bonchev–Trinajstić information content (AvgIpc) is 2.83. The maximum Gasteiger partial charge on any atom is 0.331 e. The molecule has 1 aliphatic rings. The zero-order chi connectivity index (χ0) is 18.3. The van der Waals surface area contributed by atoms with Gasteiger partial charge < -0.3 is 4.57 Å². The SMILES string of the molecule is Cc1cc(/C=C2/C(=O)NC(=O)N(C)C2=O)c(C)n1-c1cccc(F)c1. The van der Waals surface area contributed by atoms with Gasteiger partial charge in [0, 0.05) is 24.1 Å². The number of rotatable bonds is 2. The van der Waals surface area contributed by atoms with Crippen LogP contribution in [0.25, 0.3) is 11.8 Å². The summed E-state index contributed by atoms with van der Waals surface area (Å²) in [6.07, 6.45) is 1.44. The quantitative estimate of drug-likeness (QED) is 0.673. The first-order valence-electron chi connectivity index (χ1n) is 7.59. The minimum atomic E-state index is -0.752. The average molecular weight is 341 g/mol. The highest BCUT2D eigenvalue weighted by Crippen LogP contribution is 2.24. The van der Waals surface area contributed by atoms with Gasteiger partial charge in [0.1, 0.15) is 11.4 Å². The monoisotopic (exact) mass is 341 g/mol. The highest BCUT2D eigenvalue weighted by molar-refractivity contribution is 6.30. The van der Waals surface area contributed by atoms with Crippen molar-refractivity contribution in [1.82, 2.24) is 14.8 Å². The fourth-order valence-corrected chi connectivity index (χ4v) is 2.85. The van der Waals surface area contributed by atoms with Crippen LogP contribution in [0.3, 0.4) is 0 Å². The summed E-state index contributed by atoms with van der Waals surface area (Å²) in [5, 5.41) is 2.11. The maximum atomic E-state index is 13.5. The number of barbiturate groups is 1. The molecule has 7 heteroatoms. The molecule has 25 heavy (non-hydrogen) atoms. The van der Waals surface area contributed by atoms with Crippen LogP contribution in [0.2, 0.25) is 0 Å². The van der Waals surface area contributed by atoms with E-state index >= 15 is 0 Å². The molecule has 1 N–H and O–H groups in total. The summed E-state index contributed by atoms with van der Waals surface area (Å²) in [6, 6.07) is 7.19. The molecule has 2 heterocycles. The number of aryl methyl sites for hydroxylation is 1. The number of aromatic nitrogens is 1. The molecule has 6 nitrogen and oxygen atoms in total. The van der Waals surface area contributed by atoms with E-state index in [1.807, 2.05) is 18.4 Å². The molecule has 0 spiro atoms. The predicted octanol–water partition coefficient (Wildman–Crippen LogP) is 2.32. The van der Waals surface area contributed by atoms with Gasteiger partial charge in [0.25, 0.3) is 11.8 Å². The molecule has 1 aliphatic heterocycles. The van der Waals surface area contributed by atoms with Crippen LogP contribution < -0.4 is 5.32 Å². The molecule has 1 aromatic carbocycles. The highest BCUT2D eigenvalue weighted by Gasteiger charge is 2.33. The minimum Gasteiger partial charge on any atom is -0.318 e. The lowest BCUT2D eigenvalue weighted by atomic mass is 10.1. The van der Waals surface area contributed by atoms with Gasteiger partial charge in [-0.1, -0.05) is 6.07 Å². The molecule has 0 atom stereocenters. The molecular formula is C18H16FN3O3. The van der Waals surface area contributed by atoms with Crippen molar-refractivity contribution < 1.29 is 18.8 Å². The van der Waals surface area contributed by atoms with E-state index in [0.717, 1.165) is 16.3 Å².